The number of furan rings is 1. The van der Waals surface area contributed by atoms with E-state index in [-0.39, 0.29) is 23.3 Å². The van der Waals surface area contributed by atoms with Gasteiger partial charge in [-0.05, 0) is 50.1 Å². The highest BCUT2D eigenvalue weighted by atomic mass is 35.5. The van der Waals surface area contributed by atoms with Gasteiger partial charge in [-0.1, -0.05) is 0 Å². The van der Waals surface area contributed by atoms with Crippen LogP contribution in [0.3, 0.4) is 0 Å². The molecule has 1 amide bonds. The standard InChI is InChI=1S/C20H21ClN4O4S/c1-11(2)29-19(27)15-12(3)14-16(22-20(21)23-17(14)30-15)24-6-8-25(9-7-24)18(26)13-5-4-10-28-13/h4-5,10-11H,6-9H2,1-3H3. The van der Waals surface area contributed by atoms with E-state index in [9.17, 15) is 9.59 Å². The smallest absolute Gasteiger partial charge is 0.348 e. The number of carbonyl (C=O) groups is 2. The number of halogens is 1. The second kappa shape index (κ2) is 8.23. The molecule has 1 fully saturated rings. The van der Waals surface area contributed by atoms with E-state index < -0.39 is 0 Å². The molecule has 0 radical (unpaired) electrons. The Morgan fingerprint density at radius 1 is 1.23 bits per heavy atom. The molecular weight excluding hydrogens is 428 g/mol. The van der Waals surface area contributed by atoms with Crippen molar-refractivity contribution < 1.29 is 18.7 Å². The average molecular weight is 449 g/mol. The highest BCUT2D eigenvalue weighted by molar-refractivity contribution is 7.20. The Morgan fingerprint density at radius 2 is 1.97 bits per heavy atom. The summed E-state index contributed by atoms with van der Waals surface area (Å²) >= 11 is 7.44. The lowest BCUT2D eigenvalue weighted by atomic mass is 10.2. The molecule has 0 atom stereocenters. The number of rotatable bonds is 4. The second-order valence-electron chi connectivity index (χ2n) is 7.26. The molecule has 1 saturated heterocycles. The van der Waals surface area contributed by atoms with Gasteiger partial charge >= 0.3 is 5.97 Å². The van der Waals surface area contributed by atoms with Crippen LogP contribution in [-0.4, -0.2) is 59.0 Å². The third kappa shape index (κ3) is 3.87. The van der Waals surface area contributed by atoms with Crippen molar-refractivity contribution in [2.75, 3.05) is 31.1 Å². The van der Waals surface area contributed by atoms with Gasteiger partial charge in [0.2, 0.25) is 5.28 Å². The minimum absolute atomic E-state index is 0.122. The summed E-state index contributed by atoms with van der Waals surface area (Å²) in [4.78, 5) is 38.7. The highest BCUT2D eigenvalue weighted by Crippen LogP contribution is 2.37. The fourth-order valence-corrected chi connectivity index (χ4v) is 4.73. The van der Waals surface area contributed by atoms with Gasteiger partial charge in [-0.2, -0.15) is 4.98 Å². The molecule has 0 N–H and O–H groups in total. The summed E-state index contributed by atoms with van der Waals surface area (Å²) < 4.78 is 10.6. The van der Waals surface area contributed by atoms with Crippen molar-refractivity contribution in [1.82, 2.24) is 14.9 Å². The van der Waals surface area contributed by atoms with E-state index in [1.807, 2.05) is 20.8 Å². The number of fused-ring (bicyclic) bond motifs is 1. The van der Waals surface area contributed by atoms with E-state index >= 15 is 0 Å². The molecule has 158 valence electrons. The average Bonchev–Trinajstić information content (AvgIpc) is 3.35. The number of piperazine rings is 1. The summed E-state index contributed by atoms with van der Waals surface area (Å²) in [5.74, 6) is 0.503. The zero-order chi connectivity index (χ0) is 21.4. The van der Waals surface area contributed by atoms with Gasteiger partial charge in [0.1, 0.15) is 15.5 Å². The normalized spacial score (nSPS) is 14.6. The first kappa shape index (κ1) is 20.6. The molecule has 1 aliphatic heterocycles. The van der Waals surface area contributed by atoms with Crippen molar-refractivity contribution >= 4 is 50.8 Å². The largest absolute Gasteiger partial charge is 0.459 e. The van der Waals surface area contributed by atoms with E-state index in [1.165, 1.54) is 17.6 Å². The van der Waals surface area contributed by atoms with E-state index in [0.717, 1.165) is 10.9 Å². The minimum atomic E-state index is -0.374. The quantitative estimate of drug-likeness (QED) is 0.443. The summed E-state index contributed by atoms with van der Waals surface area (Å²) in [6.45, 7) is 7.69. The lowest BCUT2D eigenvalue weighted by Gasteiger charge is -2.35. The number of hydrogen-bond acceptors (Lipinski definition) is 8. The Labute approximate surface area is 182 Å². The van der Waals surface area contributed by atoms with E-state index in [2.05, 4.69) is 14.9 Å². The van der Waals surface area contributed by atoms with Gasteiger partial charge in [0.05, 0.1) is 17.8 Å². The van der Waals surface area contributed by atoms with Crippen molar-refractivity contribution in [1.29, 1.82) is 0 Å². The lowest BCUT2D eigenvalue weighted by molar-refractivity contribution is 0.0383. The number of aromatic nitrogens is 2. The Morgan fingerprint density at radius 3 is 2.60 bits per heavy atom. The fraction of sp³-hybridized carbons (Fsp3) is 0.400. The topological polar surface area (TPSA) is 88.8 Å². The van der Waals surface area contributed by atoms with Gasteiger partial charge in [-0.25, -0.2) is 9.78 Å². The van der Waals surface area contributed by atoms with Crippen molar-refractivity contribution in [3.8, 4) is 0 Å². The maximum Gasteiger partial charge on any atom is 0.348 e. The number of carbonyl (C=O) groups excluding carboxylic acids is 2. The van der Waals surface area contributed by atoms with Crippen LogP contribution in [0.25, 0.3) is 10.2 Å². The van der Waals surface area contributed by atoms with Crippen LogP contribution in [0.4, 0.5) is 5.82 Å². The summed E-state index contributed by atoms with van der Waals surface area (Å²) in [6, 6.07) is 3.36. The predicted molar refractivity (Wildman–Crippen MR) is 115 cm³/mol. The van der Waals surface area contributed by atoms with Crippen LogP contribution in [-0.2, 0) is 4.74 Å². The predicted octanol–water partition coefficient (Wildman–Crippen LogP) is 3.77. The molecule has 10 heteroatoms. The van der Waals surface area contributed by atoms with Crippen LogP contribution in [0.1, 0.15) is 39.6 Å². The van der Waals surface area contributed by atoms with Gasteiger partial charge in [0, 0.05) is 26.2 Å². The number of hydrogen-bond donors (Lipinski definition) is 0. The zero-order valence-corrected chi connectivity index (χ0v) is 18.4. The van der Waals surface area contributed by atoms with Gasteiger partial charge in [0.25, 0.3) is 5.91 Å². The summed E-state index contributed by atoms with van der Waals surface area (Å²) in [5.41, 5.74) is 0.779. The minimum Gasteiger partial charge on any atom is -0.459 e. The van der Waals surface area contributed by atoms with Crippen LogP contribution < -0.4 is 4.90 Å². The van der Waals surface area contributed by atoms with E-state index in [0.29, 0.717) is 47.5 Å². The molecule has 1 aliphatic rings. The highest BCUT2D eigenvalue weighted by Gasteiger charge is 2.28. The molecule has 0 spiro atoms. The number of esters is 1. The third-order valence-corrected chi connectivity index (χ3v) is 6.21. The van der Waals surface area contributed by atoms with Crippen LogP contribution in [0.2, 0.25) is 5.28 Å². The zero-order valence-electron chi connectivity index (χ0n) is 16.8. The molecule has 4 rings (SSSR count). The van der Waals surface area contributed by atoms with Crippen molar-refractivity contribution in [3.05, 3.63) is 39.9 Å². The number of aryl methyl sites for hydroxylation is 1. The molecule has 8 nitrogen and oxygen atoms in total. The first-order chi connectivity index (χ1) is 14.3. The molecule has 3 aromatic heterocycles. The van der Waals surface area contributed by atoms with Gasteiger partial charge < -0.3 is 19.0 Å². The SMILES string of the molecule is Cc1c(C(=O)OC(C)C)sc2nc(Cl)nc(N3CCN(C(=O)c4ccco4)CC3)c12. The van der Waals surface area contributed by atoms with Gasteiger partial charge in [-0.3, -0.25) is 4.79 Å². The number of thiophene rings is 1. The van der Waals surface area contributed by atoms with Crippen molar-refractivity contribution in [3.63, 3.8) is 0 Å². The molecule has 30 heavy (non-hydrogen) atoms. The van der Waals surface area contributed by atoms with Crippen LogP contribution in [0, 0.1) is 6.92 Å². The molecular formula is C20H21ClN4O4S. The Hall–Kier alpha value is -2.65. The lowest BCUT2D eigenvalue weighted by Crippen LogP contribution is -2.49. The maximum atomic E-state index is 12.5. The van der Waals surface area contributed by atoms with Gasteiger partial charge in [0.15, 0.2) is 5.76 Å². The first-order valence-electron chi connectivity index (χ1n) is 9.60. The Kier molecular flexibility index (Phi) is 5.66. The fourth-order valence-electron chi connectivity index (χ4n) is 3.46. The second-order valence-corrected chi connectivity index (χ2v) is 8.60. The van der Waals surface area contributed by atoms with Crippen molar-refractivity contribution in [2.45, 2.75) is 26.9 Å². The van der Waals surface area contributed by atoms with Crippen LogP contribution in [0.15, 0.2) is 22.8 Å². The van der Waals surface area contributed by atoms with Crippen LogP contribution >= 0.6 is 22.9 Å². The number of nitrogens with zero attached hydrogens (tertiary/aromatic N) is 4. The Balaban J connectivity index is 1.61. The molecule has 0 unspecified atom stereocenters. The summed E-state index contributed by atoms with van der Waals surface area (Å²) in [7, 11) is 0. The number of amides is 1. The van der Waals surface area contributed by atoms with Crippen molar-refractivity contribution in [2.24, 2.45) is 0 Å². The summed E-state index contributed by atoms with van der Waals surface area (Å²) in [6.07, 6.45) is 1.28. The Bertz CT molecular complexity index is 1090. The van der Waals surface area contributed by atoms with E-state index in [1.54, 1.807) is 17.0 Å². The molecule has 0 aromatic carbocycles. The molecule has 0 aliphatic carbocycles. The van der Waals surface area contributed by atoms with E-state index in [4.69, 9.17) is 20.8 Å². The number of ether oxygens (including phenoxy) is 1. The monoisotopic (exact) mass is 448 g/mol. The third-order valence-electron chi connectivity index (χ3n) is 4.87. The van der Waals surface area contributed by atoms with Crippen LogP contribution in [0.5, 0.6) is 0 Å². The number of anilines is 1. The molecule has 3 aromatic rings. The maximum absolute atomic E-state index is 12.5. The molecule has 0 saturated carbocycles. The molecule has 4 heterocycles. The van der Waals surface area contributed by atoms with Gasteiger partial charge in [-0.15, -0.1) is 11.3 Å². The first-order valence-corrected chi connectivity index (χ1v) is 10.8. The molecule has 0 bridgehead atoms. The summed E-state index contributed by atoms with van der Waals surface area (Å²) in [5, 5.41) is 0.919.